The summed E-state index contributed by atoms with van der Waals surface area (Å²) in [5.74, 6) is 0.850. The van der Waals surface area contributed by atoms with Gasteiger partial charge in [0, 0.05) is 26.2 Å². The van der Waals surface area contributed by atoms with Crippen LogP contribution in [0.3, 0.4) is 0 Å². The predicted molar refractivity (Wildman–Crippen MR) is 98.2 cm³/mol. The number of amidine groups is 2. The van der Waals surface area contributed by atoms with E-state index in [2.05, 4.69) is 37.5 Å². The second-order valence-corrected chi connectivity index (χ2v) is 6.09. The molecule has 4 heteroatoms. The van der Waals surface area contributed by atoms with Crippen LogP contribution >= 0.6 is 0 Å². The average molecular weight is 311 g/mol. The monoisotopic (exact) mass is 310 g/mol. The zero-order valence-corrected chi connectivity index (χ0v) is 15.4. The highest BCUT2D eigenvalue weighted by molar-refractivity contribution is 6.37. The SMILES string of the molecule is CCCCN(CCCC)C(=N)C(=N)N(CCCC)CCCC. The summed E-state index contributed by atoms with van der Waals surface area (Å²) in [6.07, 6.45) is 8.95. The van der Waals surface area contributed by atoms with Gasteiger partial charge in [0.2, 0.25) is 0 Å². The highest BCUT2D eigenvalue weighted by atomic mass is 15.3. The largest absolute Gasteiger partial charge is 0.354 e. The molecule has 0 saturated carbocycles. The summed E-state index contributed by atoms with van der Waals surface area (Å²) < 4.78 is 0. The van der Waals surface area contributed by atoms with E-state index >= 15 is 0 Å². The zero-order chi connectivity index (χ0) is 16.8. The van der Waals surface area contributed by atoms with E-state index in [1.54, 1.807) is 0 Å². The van der Waals surface area contributed by atoms with E-state index in [-0.39, 0.29) is 0 Å². The van der Waals surface area contributed by atoms with Gasteiger partial charge in [-0.05, 0) is 25.7 Å². The van der Waals surface area contributed by atoms with Crippen molar-refractivity contribution in [1.82, 2.24) is 9.80 Å². The van der Waals surface area contributed by atoms with Gasteiger partial charge in [-0.15, -0.1) is 0 Å². The molecule has 0 aromatic heterocycles. The number of nitrogens with zero attached hydrogens (tertiary/aromatic N) is 2. The third-order valence-corrected chi connectivity index (χ3v) is 3.98. The molecule has 0 aliphatic heterocycles. The van der Waals surface area contributed by atoms with Crippen LogP contribution in [-0.4, -0.2) is 47.7 Å². The second-order valence-electron chi connectivity index (χ2n) is 6.09. The summed E-state index contributed by atoms with van der Waals surface area (Å²) in [6.45, 7) is 12.4. The Kier molecular flexibility index (Phi) is 12.9. The number of rotatable bonds is 12. The van der Waals surface area contributed by atoms with Gasteiger partial charge in [0.1, 0.15) is 0 Å². The van der Waals surface area contributed by atoms with Crippen LogP contribution in [0.2, 0.25) is 0 Å². The summed E-state index contributed by atoms with van der Waals surface area (Å²) >= 11 is 0. The lowest BCUT2D eigenvalue weighted by molar-refractivity contribution is 0.375. The van der Waals surface area contributed by atoms with Crippen molar-refractivity contribution in [2.24, 2.45) is 0 Å². The molecule has 0 aliphatic carbocycles. The molecular formula is C18H38N4. The van der Waals surface area contributed by atoms with Gasteiger partial charge < -0.3 is 9.80 Å². The molecule has 0 radical (unpaired) electrons. The Morgan fingerprint density at radius 2 is 0.773 bits per heavy atom. The maximum absolute atomic E-state index is 8.47. The highest BCUT2D eigenvalue weighted by Gasteiger charge is 2.19. The van der Waals surface area contributed by atoms with E-state index in [1.165, 1.54) is 0 Å². The van der Waals surface area contributed by atoms with Crippen LogP contribution in [0.1, 0.15) is 79.1 Å². The third-order valence-electron chi connectivity index (χ3n) is 3.98. The maximum Gasteiger partial charge on any atom is 0.163 e. The number of unbranched alkanes of at least 4 members (excludes halogenated alkanes) is 4. The molecule has 0 spiro atoms. The van der Waals surface area contributed by atoms with Crippen LogP contribution in [0.25, 0.3) is 0 Å². The molecule has 4 nitrogen and oxygen atoms in total. The van der Waals surface area contributed by atoms with E-state index < -0.39 is 0 Å². The molecule has 0 aromatic carbocycles. The van der Waals surface area contributed by atoms with E-state index in [4.69, 9.17) is 10.8 Å². The highest BCUT2D eigenvalue weighted by Crippen LogP contribution is 2.06. The molecule has 0 aliphatic rings. The minimum absolute atomic E-state index is 0.425. The average Bonchev–Trinajstić information content (AvgIpc) is 2.54. The fraction of sp³-hybridized carbons (Fsp3) is 0.889. The fourth-order valence-electron chi connectivity index (χ4n) is 2.37. The van der Waals surface area contributed by atoms with Gasteiger partial charge in [-0.25, -0.2) is 0 Å². The topological polar surface area (TPSA) is 54.2 Å². The van der Waals surface area contributed by atoms with Crippen LogP contribution in [0.4, 0.5) is 0 Å². The van der Waals surface area contributed by atoms with Crippen molar-refractivity contribution >= 4 is 11.7 Å². The number of nitrogens with one attached hydrogen (secondary N) is 2. The van der Waals surface area contributed by atoms with Crippen LogP contribution in [0.15, 0.2) is 0 Å². The maximum atomic E-state index is 8.47. The van der Waals surface area contributed by atoms with Crippen molar-refractivity contribution < 1.29 is 0 Å². The quantitative estimate of drug-likeness (QED) is 0.404. The third kappa shape index (κ3) is 8.40. The van der Waals surface area contributed by atoms with Crippen LogP contribution in [0, 0.1) is 10.8 Å². The van der Waals surface area contributed by atoms with Crippen molar-refractivity contribution in [3.63, 3.8) is 0 Å². The van der Waals surface area contributed by atoms with Crippen molar-refractivity contribution in [3.8, 4) is 0 Å². The Bertz CT molecular complexity index is 255. The zero-order valence-electron chi connectivity index (χ0n) is 15.4. The minimum Gasteiger partial charge on any atom is -0.354 e. The first-order valence-corrected chi connectivity index (χ1v) is 9.29. The minimum atomic E-state index is 0.425. The predicted octanol–water partition coefficient (Wildman–Crippen LogP) is 4.75. The Morgan fingerprint density at radius 1 is 0.545 bits per heavy atom. The molecule has 0 rings (SSSR count). The molecule has 2 N–H and O–H groups in total. The molecule has 0 saturated heterocycles. The van der Waals surface area contributed by atoms with Crippen molar-refractivity contribution in [1.29, 1.82) is 10.8 Å². The summed E-state index contributed by atoms with van der Waals surface area (Å²) in [7, 11) is 0. The summed E-state index contributed by atoms with van der Waals surface area (Å²) in [6, 6.07) is 0. The van der Waals surface area contributed by atoms with Crippen molar-refractivity contribution in [3.05, 3.63) is 0 Å². The molecule has 0 aromatic rings. The van der Waals surface area contributed by atoms with E-state index in [0.717, 1.165) is 77.5 Å². The molecule has 0 bridgehead atoms. The lowest BCUT2D eigenvalue weighted by Crippen LogP contribution is -2.46. The van der Waals surface area contributed by atoms with Gasteiger partial charge in [-0.3, -0.25) is 10.8 Å². The summed E-state index contributed by atoms with van der Waals surface area (Å²) in [5.41, 5.74) is 0. The van der Waals surface area contributed by atoms with Gasteiger partial charge in [0.05, 0.1) is 0 Å². The summed E-state index contributed by atoms with van der Waals surface area (Å²) in [4.78, 5) is 4.22. The lowest BCUT2D eigenvalue weighted by atomic mass is 10.2. The molecule has 0 atom stereocenters. The fourth-order valence-corrected chi connectivity index (χ4v) is 2.37. The number of hydrogen-bond donors (Lipinski definition) is 2. The van der Waals surface area contributed by atoms with Crippen LogP contribution < -0.4 is 0 Å². The Hall–Kier alpha value is -1.06. The molecule has 22 heavy (non-hydrogen) atoms. The van der Waals surface area contributed by atoms with Gasteiger partial charge >= 0.3 is 0 Å². The second kappa shape index (κ2) is 13.6. The van der Waals surface area contributed by atoms with Crippen molar-refractivity contribution in [2.75, 3.05) is 26.2 Å². The van der Waals surface area contributed by atoms with Gasteiger partial charge in [-0.1, -0.05) is 53.4 Å². The Balaban J connectivity index is 4.75. The standard InChI is InChI=1S/C18H38N4/c1-5-9-13-21(14-10-6-2)17(19)18(20)22(15-11-7-3)16-12-8-4/h19-20H,5-16H2,1-4H3. The molecule has 0 unspecified atom stereocenters. The van der Waals surface area contributed by atoms with Crippen LogP contribution in [0.5, 0.6) is 0 Å². The molecule has 0 heterocycles. The van der Waals surface area contributed by atoms with E-state index in [9.17, 15) is 0 Å². The molecular weight excluding hydrogens is 272 g/mol. The van der Waals surface area contributed by atoms with Crippen molar-refractivity contribution in [2.45, 2.75) is 79.1 Å². The Morgan fingerprint density at radius 3 is 0.955 bits per heavy atom. The first kappa shape index (κ1) is 20.9. The van der Waals surface area contributed by atoms with Gasteiger partial charge in [0.15, 0.2) is 11.7 Å². The first-order chi connectivity index (χ1) is 10.6. The molecule has 130 valence electrons. The Labute approximate surface area is 138 Å². The molecule has 0 amide bonds. The normalized spacial score (nSPS) is 10.5. The van der Waals surface area contributed by atoms with Gasteiger partial charge in [-0.2, -0.15) is 0 Å². The summed E-state index contributed by atoms with van der Waals surface area (Å²) in [5, 5.41) is 16.9. The lowest BCUT2D eigenvalue weighted by Gasteiger charge is -2.31. The van der Waals surface area contributed by atoms with Gasteiger partial charge in [0.25, 0.3) is 0 Å². The van der Waals surface area contributed by atoms with Crippen LogP contribution in [-0.2, 0) is 0 Å². The molecule has 0 fully saturated rings. The number of hydrogen-bond acceptors (Lipinski definition) is 2. The van der Waals surface area contributed by atoms with E-state index in [1.807, 2.05) is 0 Å². The van der Waals surface area contributed by atoms with E-state index in [0.29, 0.717) is 11.7 Å². The first-order valence-electron chi connectivity index (χ1n) is 9.29. The smallest absolute Gasteiger partial charge is 0.163 e.